The summed E-state index contributed by atoms with van der Waals surface area (Å²) in [6.07, 6.45) is 3.00. The van der Waals surface area contributed by atoms with Gasteiger partial charge in [0.25, 0.3) is 11.6 Å². The van der Waals surface area contributed by atoms with Crippen molar-refractivity contribution in [2.45, 2.75) is 26.2 Å². The first-order chi connectivity index (χ1) is 18.1. The minimum absolute atomic E-state index is 0.00519. The van der Waals surface area contributed by atoms with E-state index in [0.717, 1.165) is 18.8 Å². The number of non-ortho nitro benzene ring substituents is 1. The summed E-state index contributed by atoms with van der Waals surface area (Å²) in [7, 11) is 0. The van der Waals surface area contributed by atoms with Crippen LogP contribution in [0.3, 0.4) is 0 Å². The Morgan fingerprint density at radius 1 is 0.868 bits per heavy atom. The van der Waals surface area contributed by atoms with Gasteiger partial charge in [-0.2, -0.15) is 0 Å². The average Bonchev–Trinajstić information content (AvgIpc) is 2.92. The second kappa shape index (κ2) is 11.3. The van der Waals surface area contributed by atoms with E-state index in [4.69, 9.17) is 0 Å². The lowest BCUT2D eigenvalue weighted by molar-refractivity contribution is -0.384. The minimum atomic E-state index is -0.462. The molecule has 1 aliphatic heterocycles. The molecule has 1 saturated heterocycles. The van der Waals surface area contributed by atoms with Gasteiger partial charge in [0.15, 0.2) is 0 Å². The van der Waals surface area contributed by atoms with Crippen molar-refractivity contribution in [1.29, 1.82) is 0 Å². The van der Waals surface area contributed by atoms with Gasteiger partial charge in [0, 0.05) is 61.3 Å². The molecular formula is C30H32N4O4. The van der Waals surface area contributed by atoms with Crippen molar-refractivity contribution in [3.8, 4) is 0 Å². The Balaban J connectivity index is 1.27. The Morgan fingerprint density at radius 2 is 1.47 bits per heavy atom. The van der Waals surface area contributed by atoms with Crippen LogP contribution >= 0.6 is 0 Å². The van der Waals surface area contributed by atoms with Crippen LogP contribution in [0.25, 0.3) is 6.08 Å². The number of benzene rings is 3. The average molecular weight is 513 g/mol. The zero-order chi connectivity index (χ0) is 27.3. The Labute approximate surface area is 222 Å². The number of nitro groups is 1. The number of carbonyl (C=O) groups is 2. The Morgan fingerprint density at radius 3 is 2.03 bits per heavy atom. The maximum Gasteiger partial charge on any atom is 0.269 e. The molecule has 0 atom stereocenters. The van der Waals surface area contributed by atoms with E-state index < -0.39 is 4.92 Å². The monoisotopic (exact) mass is 512 g/mol. The van der Waals surface area contributed by atoms with Crippen molar-refractivity contribution in [2.75, 3.05) is 36.4 Å². The van der Waals surface area contributed by atoms with Crippen molar-refractivity contribution < 1.29 is 14.5 Å². The normalized spacial score (nSPS) is 14.0. The van der Waals surface area contributed by atoms with E-state index in [1.54, 1.807) is 18.2 Å². The minimum Gasteiger partial charge on any atom is -0.368 e. The Bertz CT molecular complexity index is 1320. The van der Waals surface area contributed by atoms with Crippen molar-refractivity contribution >= 4 is 35.0 Å². The smallest absolute Gasteiger partial charge is 0.269 e. The Hall–Kier alpha value is -4.46. The zero-order valence-corrected chi connectivity index (χ0v) is 21.9. The number of amides is 2. The summed E-state index contributed by atoms with van der Waals surface area (Å²) >= 11 is 0. The number of carbonyl (C=O) groups excluding carboxylic acids is 2. The molecule has 0 saturated carbocycles. The first kappa shape index (κ1) is 26.6. The number of hydrogen-bond donors (Lipinski definition) is 1. The van der Waals surface area contributed by atoms with Crippen LogP contribution in [0.5, 0.6) is 0 Å². The number of rotatable bonds is 6. The van der Waals surface area contributed by atoms with Crippen LogP contribution in [0.15, 0.2) is 78.9 Å². The van der Waals surface area contributed by atoms with Gasteiger partial charge in [-0.05, 0) is 71.1 Å². The molecule has 0 radical (unpaired) electrons. The molecule has 0 unspecified atom stereocenters. The highest BCUT2D eigenvalue weighted by atomic mass is 16.6. The van der Waals surface area contributed by atoms with Gasteiger partial charge in [-0.1, -0.05) is 32.9 Å². The summed E-state index contributed by atoms with van der Waals surface area (Å²) in [5.41, 5.74) is 4.38. The molecule has 3 aromatic rings. The van der Waals surface area contributed by atoms with Crippen LogP contribution in [-0.4, -0.2) is 47.8 Å². The number of nitrogens with zero attached hydrogens (tertiary/aromatic N) is 3. The highest BCUT2D eigenvalue weighted by Crippen LogP contribution is 2.24. The number of hydrogen-bond acceptors (Lipinski definition) is 5. The van der Waals surface area contributed by atoms with Gasteiger partial charge in [0.1, 0.15) is 0 Å². The molecule has 0 bridgehead atoms. The predicted octanol–water partition coefficient (Wildman–Crippen LogP) is 5.51. The molecule has 0 aliphatic carbocycles. The fraction of sp³-hybridized carbons (Fsp3) is 0.267. The van der Waals surface area contributed by atoms with E-state index in [0.29, 0.717) is 29.9 Å². The summed E-state index contributed by atoms with van der Waals surface area (Å²) in [4.78, 5) is 39.7. The SMILES string of the molecule is CC(C)(C)c1ccc(C(=O)N2CCN(c3ccc(NC(=O)/C=C/c4ccc([N+](=O)[O-])cc4)cc3)CC2)cc1. The van der Waals surface area contributed by atoms with Gasteiger partial charge >= 0.3 is 0 Å². The fourth-order valence-corrected chi connectivity index (χ4v) is 4.28. The van der Waals surface area contributed by atoms with Crippen LogP contribution in [0.1, 0.15) is 42.3 Å². The third kappa shape index (κ3) is 6.64. The van der Waals surface area contributed by atoms with Crippen LogP contribution in [0, 0.1) is 10.1 Å². The molecule has 2 amide bonds. The number of nitro benzene ring substituents is 1. The highest BCUT2D eigenvalue weighted by Gasteiger charge is 2.23. The largest absolute Gasteiger partial charge is 0.368 e. The van der Waals surface area contributed by atoms with E-state index in [1.165, 1.54) is 23.8 Å². The summed E-state index contributed by atoms with van der Waals surface area (Å²) in [6.45, 7) is 9.23. The van der Waals surface area contributed by atoms with Crippen molar-refractivity contribution in [2.24, 2.45) is 0 Å². The van der Waals surface area contributed by atoms with Gasteiger partial charge in [0.2, 0.25) is 5.91 Å². The third-order valence-electron chi connectivity index (χ3n) is 6.60. The molecule has 1 heterocycles. The first-order valence-corrected chi connectivity index (χ1v) is 12.6. The predicted molar refractivity (Wildman–Crippen MR) is 150 cm³/mol. The molecule has 196 valence electrons. The van der Waals surface area contributed by atoms with Crippen molar-refractivity contribution in [3.05, 3.63) is 106 Å². The van der Waals surface area contributed by atoms with Crippen molar-refractivity contribution in [1.82, 2.24) is 4.90 Å². The molecule has 0 spiro atoms. The molecule has 8 heteroatoms. The second-order valence-corrected chi connectivity index (χ2v) is 10.3. The molecule has 38 heavy (non-hydrogen) atoms. The quantitative estimate of drug-likeness (QED) is 0.267. The number of nitrogens with one attached hydrogen (secondary N) is 1. The van der Waals surface area contributed by atoms with E-state index in [-0.39, 0.29) is 22.9 Å². The van der Waals surface area contributed by atoms with Gasteiger partial charge in [-0.15, -0.1) is 0 Å². The standard InChI is InChI=1S/C30H32N4O4/c1-30(2,3)24-9-7-23(8-10-24)29(36)33-20-18-32(19-21-33)26-15-11-25(12-16-26)31-28(35)17-6-22-4-13-27(14-5-22)34(37)38/h4-17H,18-21H2,1-3H3,(H,31,35)/b17-6+. The zero-order valence-electron chi connectivity index (χ0n) is 21.9. The van der Waals surface area contributed by atoms with Gasteiger partial charge in [-0.3, -0.25) is 19.7 Å². The Kier molecular flexibility index (Phi) is 7.90. The molecule has 8 nitrogen and oxygen atoms in total. The van der Waals surface area contributed by atoms with E-state index in [9.17, 15) is 19.7 Å². The lowest BCUT2D eigenvalue weighted by Gasteiger charge is -2.36. The second-order valence-electron chi connectivity index (χ2n) is 10.3. The molecule has 1 fully saturated rings. The van der Waals surface area contributed by atoms with Gasteiger partial charge in [-0.25, -0.2) is 0 Å². The summed E-state index contributed by atoms with van der Waals surface area (Å²) < 4.78 is 0. The highest BCUT2D eigenvalue weighted by molar-refractivity contribution is 6.02. The molecule has 1 N–H and O–H groups in total. The molecular weight excluding hydrogens is 480 g/mol. The molecule has 1 aliphatic rings. The van der Waals surface area contributed by atoms with Gasteiger partial charge in [0.05, 0.1) is 4.92 Å². The van der Waals surface area contributed by atoms with Crippen LogP contribution < -0.4 is 10.2 Å². The summed E-state index contributed by atoms with van der Waals surface area (Å²) in [6, 6.07) is 21.5. The maximum absolute atomic E-state index is 13.0. The molecule has 0 aromatic heterocycles. The topological polar surface area (TPSA) is 95.8 Å². The third-order valence-corrected chi connectivity index (χ3v) is 6.60. The van der Waals surface area contributed by atoms with E-state index in [1.807, 2.05) is 53.4 Å². The fourth-order valence-electron chi connectivity index (χ4n) is 4.28. The lowest BCUT2D eigenvalue weighted by Crippen LogP contribution is -2.48. The van der Waals surface area contributed by atoms with Crippen molar-refractivity contribution in [3.63, 3.8) is 0 Å². The molecule has 3 aromatic carbocycles. The number of piperazine rings is 1. The van der Waals surface area contributed by atoms with E-state index in [2.05, 4.69) is 31.0 Å². The lowest BCUT2D eigenvalue weighted by atomic mass is 9.86. The van der Waals surface area contributed by atoms with Crippen LogP contribution in [-0.2, 0) is 10.2 Å². The molecule has 4 rings (SSSR count). The van der Waals surface area contributed by atoms with E-state index >= 15 is 0 Å². The number of anilines is 2. The van der Waals surface area contributed by atoms with Gasteiger partial charge < -0.3 is 15.1 Å². The van der Waals surface area contributed by atoms with Crippen LogP contribution in [0.4, 0.5) is 17.1 Å². The first-order valence-electron chi connectivity index (χ1n) is 12.6. The summed E-state index contributed by atoms with van der Waals surface area (Å²) in [5.74, 6) is -0.233. The maximum atomic E-state index is 13.0. The van der Waals surface area contributed by atoms with Crippen LogP contribution in [0.2, 0.25) is 0 Å². The summed E-state index contributed by atoms with van der Waals surface area (Å²) in [5, 5.41) is 13.6.